The lowest BCUT2D eigenvalue weighted by molar-refractivity contribution is -0.123. The largest absolute Gasteiger partial charge is 0.289 e. The van der Waals surface area contributed by atoms with E-state index < -0.39 is 0 Å². The maximum atomic E-state index is 10.0. The van der Waals surface area contributed by atoms with Crippen molar-refractivity contribution in [2.75, 3.05) is 0 Å². The van der Waals surface area contributed by atoms with Crippen molar-refractivity contribution in [2.45, 2.75) is 0 Å². The van der Waals surface area contributed by atoms with Crippen LogP contribution >= 0.6 is 0 Å². The smallest absolute Gasteiger partial charge is 0.250 e. The molecule has 0 aromatic carbocycles. The summed E-state index contributed by atoms with van der Waals surface area (Å²) in [6.07, 6.45) is 3.89. The monoisotopic (exact) mass is 183 g/mol. The van der Waals surface area contributed by atoms with Gasteiger partial charge in [-0.1, -0.05) is 0 Å². The predicted molar refractivity (Wildman–Crippen MR) is 39.1 cm³/mol. The molecule has 0 aromatic rings. The summed E-state index contributed by atoms with van der Waals surface area (Å²) in [6.45, 7) is 0. The molecule has 2 amide bonds. The number of carbonyl (C=O) groups excluding carboxylic acids is 4. The average Bonchev–Trinajstić information content (AvgIpc) is 2.38. The van der Waals surface area contributed by atoms with Crippen LogP contribution in [0.2, 0.25) is 0 Å². The van der Waals surface area contributed by atoms with E-state index in [1.807, 2.05) is 5.32 Å². The third-order valence-electron chi connectivity index (χ3n) is 0.632. The Labute approximate surface area is 72.4 Å². The van der Waals surface area contributed by atoms with Gasteiger partial charge in [0.25, 0.3) is 11.8 Å². The molecule has 1 aliphatic heterocycles. The molecule has 0 fully saturated rings. The molecule has 0 saturated carbocycles. The van der Waals surface area contributed by atoms with E-state index in [-0.39, 0.29) is 11.8 Å². The molecule has 13 heavy (non-hydrogen) atoms. The van der Waals surface area contributed by atoms with E-state index in [0.717, 1.165) is 12.2 Å². The molecule has 68 valence electrons. The third-order valence-corrected chi connectivity index (χ3v) is 0.632. The van der Waals surface area contributed by atoms with E-state index in [0.29, 0.717) is 0 Å². The van der Waals surface area contributed by atoms with Gasteiger partial charge in [-0.3, -0.25) is 14.9 Å². The number of imide groups is 1. The highest BCUT2D eigenvalue weighted by Gasteiger charge is 2.06. The number of isocyanates is 2. The van der Waals surface area contributed by atoms with E-state index in [9.17, 15) is 9.59 Å². The molecule has 0 aliphatic carbocycles. The van der Waals surface area contributed by atoms with Crippen LogP contribution in [-0.4, -0.2) is 24.0 Å². The first-order valence-corrected chi connectivity index (χ1v) is 2.73. The fourth-order valence-corrected chi connectivity index (χ4v) is 0.356. The van der Waals surface area contributed by atoms with Crippen molar-refractivity contribution < 1.29 is 19.2 Å². The van der Waals surface area contributed by atoms with Crippen LogP contribution in [0.1, 0.15) is 0 Å². The SMILES string of the molecule is N=C=O.N=C=O.O=C1C=CC(=O)N1. The van der Waals surface area contributed by atoms with E-state index >= 15 is 0 Å². The summed E-state index contributed by atoms with van der Waals surface area (Å²) in [5.74, 6) is -0.657. The molecule has 1 heterocycles. The molecular formula is C6H5N3O4. The Bertz CT molecular complexity index is 254. The Morgan fingerprint density at radius 1 is 1.00 bits per heavy atom. The molecule has 0 spiro atoms. The van der Waals surface area contributed by atoms with Gasteiger partial charge in [-0.25, -0.2) is 20.4 Å². The number of rotatable bonds is 0. The van der Waals surface area contributed by atoms with Gasteiger partial charge in [0.2, 0.25) is 12.2 Å². The van der Waals surface area contributed by atoms with Crippen LogP contribution < -0.4 is 5.32 Å². The molecule has 0 atom stereocenters. The number of amides is 2. The van der Waals surface area contributed by atoms with Gasteiger partial charge in [-0.15, -0.1) is 0 Å². The fraction of sp³-hybridized carbons (Fsp3) is 0. The van der Waals surface area contributed by atoms with E-state index in [1.165, 1.54) is 12.2 Å². The van der Waals surface area contributed by atoms with Gasteiger partial charge in [-0.05, 0) is 0 Å². The van der Waals surface area contributed by atoms with Crippen molar-refractivity contribution >= 4 is 24.0 Å². The summed E-state index contributed by atoms with van der Waals surface area (Å²) < 4.78 is 0. The Balaban J connectivity index is 0. The lowest BCUT2D eigenvalue weighted by Gasteiger charge is -1.80. The Morgan fingerprint density at radius 2 is 1.23 bits per heavy atom. The van der Waals surface area contributed by atoms with Gasteiger partial charge < -0.3 is 0 Å². The number of nitrogens with one attached hydrogen (secondary N) is 3. The normalized spacial score (nSPS) is 10.8. The highest BCUT2D eigenvalue weighted by atomic mass is 16.2. The maximum absolute atomic E-state index is 10.0. The molecule has 0 saturated heterocycles. The van der Waals surface area contributed by atoms with Crippen molar-refractivity contribution in [3.8, 4) is 0 Å². The first-order valence-electron chi connectivity index (χ1n) is 2.73. The van der Waals surface area contributed by atoms with Crippen molar-refractivity contribution in [1.29, 1.82) is 10.8 Å². The van der Waals surface area contributed by atoms with Crippen molar-refractivity contribution in [1.82, 2.24) is 5.32 Å². The quantitative estimate of drug-likeness (QED) is 0.252. The van der Waals surface area contributed by atoms with E-state index in [1.54, 1.807) is 0 Å². The molecule has 0 aromatic heterocycles. The highest BCUT2D eigenvalue weighted by molar-refractivity contribution is 6.12. The molecule has 0 radical (unpaired) electrons. The van der Waals surface area contributed by atoms with E-state index in [4.69, 9.17) is 20.4 Å². The first kappa shape index (κ1) is 13.2. The minimum Gasteiger partial charge on any atom is -0.289 e. The topological polar surface area (TPSA) is 128 Å². The summed E-state index contributed by atoms with van der Waals surface area (Å²) in [7, 11) is 0. The number of carbonyl (C=O) groups is 2. The average molecular weight is 183 g/mol. The summed E-state index contributed by atoms with van der Waals surface area (Å²) in [5, 5.41) is 12.8. The minimum absolute atomic E-state index is 0.329. The summed E-state index contributed by atoms with van der Waals surface area (Å²) >= 11 is 0. The van der Waals surface area contributed by atoms with Crippen LogP contribution in [0.15, 0.2) is 12.2 Å². The van der Waals surface area contributed by atoms with Gasteiger partial charge in [0, 0.05) is 12.2 Å². The maximum Gasteiger partial charge on any atom is 0.250 e. The first-order chi connectivity index (χ1) is 6.12. The number of hydrogen-bond acceptors (Lipinski definition) is 6. The summed E-state index contributed by atoms with van der Waals surface area (Å²) in [5.41, 5.74) is 0. The van der Waals surface area contributed by atoms with Crippen molar-refractivity contribution in [2.24, 2.45) is 0 Å². The van der Waals surface area contributed by atoms with Crippen LogP contribution in [0.5, 0.6) is 0 Å². The molecule has 3 N–H and O–H groups in total. The van der Waals surface area contributed by atoms with Crippen LogP contribution in [0.3, 0.4) is 0 Å². The highest BCUT2D eigenvalue weighted by Crippen LogP contribution is 1.82. The standard InChI is InChI=1S/C4H3NO2.2CHNO/c6-3-1-2-4(7)5-3;2*2-1-3/h1-2H,(H,5,6,7);2*2H. The van der Waals surface area contributed by atoms with Gasteiger partial charge in [0.05, 0.1) is 0 Å². The van der Waals surface area contributed by atoms with Crippen LogP contribution in [-0.2, 0) is 19.2 Å². The second-order valence-corrected chi connectivity index (χ2v) is 1.39. The van der Waals surface area contributed by atoms with Crippen LogP contribution in [0, 0.1) is 10.8 Å². The summed E-state index contributed by atoms with van der Waals surface area (Å²) in [4.78, 5) is 36.8. The third kappa shape index (κ3) is 12.8. The Kier molecular flexibility index (Phi) is 9.82. The fourth-order valence-electron chi connectivity index (χ4n) is 0.356. The Morgan fingerprint density at radius 3 is 1.31 bits per heavy atom. The van der Waals surface area contributed by atoms with Crippen molar-refractivity contribution in [3.63, 3.8) is 0 Å². The lowest BCUT2D eigenvalue weighted by Crippen LogP contribution is -2.19. The zero-order chi connectivity index (χ0) is 10.7. The predicted octanol–water partition coefficient (Wildman–Crippen LogP) is -0.999. The van der Waals surface area contributed by atoms with E-state index in [2.05, 4.69) is 0 Å². The van der Waals surface area contributed by atoms with Gasteiger partial charge in [-0.2, -0.15) is 0 Å². The minimum atomic E-state index is -0.329. The van der Waals surface area contributed by atoms with Gasteiger partial charge in [0.1, 0.15) is 0 Å². The van der Waals surface area contributed by atoms with Gasteiger partial charge >= 0.3 is 0 Å². The van der Waals surface area contributed by atoms with Crippen LogP contribution in [0.25, 0.3) is 0 Å². The second kappa shape index (κ2) is 9.64. The zero-order valence-electron chi connectivity index (χ0n) is 6.29. The molecule has 0 bridgehead atoms. The number of hydrogen-bond donors (Lipinski definition) is 3. The second-order valence-electron chi connectivity index (χ2n) is 1.39. The van der Waals surface area contributed by atoms with Crippen LogP contribution in [0.4, 0.5) is 0 Å². The zero-order valence-corrected chi connectivity index (χ0v) is 6.29. The molecule has 7 heteroatoms. The lowest BCUT2D eigenvalue weighted by atomic mass is 10.6. The van der Waals surface area contributed by atoms with Crippen molar-refractivity contribution in [3.05, 3.63) is 12.2 Å². The molecule has 7 nitrogen and oxygen atoms in total. The van der Waals surface area contributed by atoms with Gasteiger partial charge in [0.15, 0.2) is 0 Å². The Hall–Kier alpha value is -2.36. The molecule has 1 aliphatic rings. The molecular weight excluding hydrogens is 178 g/mol. The molecule has 1 rings (SSSR count). The summed E-state index contributed by atoms with van der Waals surface area (Å²) in [6, 6.07) is 0. The molecule has 0 unspecified atom stereocenters.